The van der Waals surface area contributed by atoms with Crippen LogP contribution in [0.5, 0.6) is 0 Å². The Labute approximate surface area is 197 Å². The molecule has 2 atom stereocenters. The molecule has 1 aromatic rings. The van der Waals surface area contributed by atoms with Crippen molar-refractivity contribution >= 4 is 5.57 Å². The normalized spacial score (nSPS) is 15.2. The second-order valence-corrected chi connectivity index (χ2v) is 8.70. The Morgan fingerprint density at radius 1 is 1.16 bits per heavy atom. The fourth-order valence-electron chi connectivity index (χ4n) is 4.09. The highest BCUT2D eigenvalue weighted by molar-refractivity contribution is 5.73. The molecule has 0 saturated heterocycles. The molecule has 2 heteroatoms. The molecule has 0 radical (unpaired) electrons. The molecule has 0 amide bonds. The average Bonchev–Trinajstić information content (AvgIpc) is 2.77. The van der Waals surface area contributed by atoms with E-state index in [1.807, 2.05) is 6.08 Å². The van der Waals surface area contributed by atoms with Crippen molar-refractivity contribution in [2.45, 2.75) is 73.1 Å². The molecule has 0 spiro atoms. The fraction of sp³-hybridized carbons (Fsp3) is 0.400. The van der Waals surface area contributed by atoms with E-state index in [9.17, 15) is 0 Å². The Balaban J connectivity index is 3.89. The van der Waals surface area contributed by atoms with Gasteiger partial charge < -0.3 is 11.1 Å². The maximum absolute atomic E-state index is 6.36. The summed E-state index contributed by atoms with van der Waals surface area (Å²) < 4.78 is 0. The highest BCUT2D eigenvalue weighted by atomic mass is 14.9. The minimum atomic E-state index is 0.333. The second kappa shape index (κ2) is 13.6. The van der Waals surface area contributed by atoms with E-state index in [0.29, 0.717) is 17.5 Å². The van der Waals surface area contributed by atoms with E-state index in [2.05, 4.69) is 96.9 Å². The number of unbranched alkanes of at least 4 members (excludes halogenated alkanes) is 1. The highest BCUT2D eigenvalue weighted by Gasteiger charge is 2.21. The van der Waals surface area contributed by atoms with Crippen molar-refractivity contribution in [1.29, 1.82) is 0 Å². The quantitative estimate of drug-likeness (QED) is 0.242. The van der Waals surface area contributed by atoms with Crippen LogP contribution in [0.3, 0.4) is 0 Å². The number of benzene rings is 1. The minimum absolute atomic E-state index is 0.333. The summed E-state index contributed by atoms with van der Waals surface area (Å²) in [5.74, 6) is 0.771. The molecule has 2 nitrogen and oxygen atoms in total. The molecule has 174 valence electrons. The number of nitrogens with two attached hydrogens (primary N) is 1. The van der Waals surface area contributed by atoms with E-state index in [1.165, 1.54) is 22.3 Å². The monoisotopic (exact) mass is 432 g/mol. The molecule has 2 unspecified atom stereocenters. The van der Waals surface area contributed by atoms with Crippen LogP contribution in [0.25, 0.3) is 5.57 Å². The van der Waals surface area contributed by atoms with Crippen molar-refractivity contribution in [3.05, 3.63) is 102 Å². The van der Waals surface area contributed by atoms with Crippen LogP contribution < -0.4 is 11.1 Å². The van der Waals surface area contributed by atoms with Gasteiger partial charge in [-0.05, 0) is 79.0 Å². The van der Waals surface area contributed by atoms with Gasteiger partial charge in [0.2, 0.25) is 0 Å². The Hall–Kier alpha value is -2.74. The smallest absolute Gasteiger partial charge is 0.0514 e. The van der Waals surface area contributed by atoms with Gasteiger partial charge in [0, 0.05) is 11.3 Å². The van der Waals surface area contributed by atoms with Crippen LogP contribution in [-0.2, 0) is 0 Å². The van der Waals surface area contributed by atoms with Crippen LogP contribution in [0.15, 0.2) is 90.5 Å². The van der Waals surface area contributed by atoms with E-state index >= 15 is 0 Å². The average molecular weight is 433 g/mol. The topological polar surface area (TPSA) is 38.0 Å². The lowest BCUT2D eigenvalue weighted by Crippen LogP contribution is -2.19. The Morgan fingerprint density at radius 3 is 2.38 bits per heavy atom. The van der Waals surface area contributed by atoms with Gasteiger partial charge >= 0.3 is 0 Å². The van der Waals surface area contributed by atoms with Gasteiger partial charge in [0.25, 0.3) is 0 Å². The molecule has 0 heterocycles. The molecule has 0 aliphatic carbocycles. The number of nitrogens with one attached hydrogen (secondary N) is 1. The lowest BCUT2D eigenvalue weighted by molar-refractivity contribution is 0.653. The summed E-state index contributed by atoms with van der Waals surface area (Å²) in [5, 5.41) is 3.44. The van der Waals surface area contributed by atoms with Crippen molar-refractivity contribution < 1.29 is 0 Å². The van der Waals surface area contributed by atoms with Crippen LogP contribution >= 0.6 is 0 Å². The first kappa shape index (κ1) is 27.3. The molecule has 0 aliphatic rings. The van der Waals surface area contributed by atoms with Crippen molar-refractivity contribution in [2.75, 3.05) is 0 Å². The molecule has 0 fully saturated rings. The van der Waals surface area contributed by atoms with Gasteiger partial charge in [0.15, 0.2) is 0 Å². The molecule has 0 aliphatic heterocycles. The first-order valence-corrected chi connectivity index (χ1v) is 11.9. The third-order valence-electron chi connectivity index (χ3n) is 6.14. The number of rotatable bonds is 13. The van der Waals surface area contributed by atoms with Crippen molar-refractivity contribution in [1.82, 2.24) is 5.32 Å². The van der Waals surface area contributed by atoms with E-state index in [0.717, 1.165) is 42.5 Å². The maximum atomic E-state index is 6.36. The van der Waals surface area contributed by atoms with Crippen LogP contribution in [0.1, 0.15) is 84.3 Å². The van der Waals surface area contributed by atoms with E-state index < -0.39 is 0 Å². The summed E-state index contributed by atoms with van der Waals surface area (Å²) in [6.45, 7) is 25.2. The van der Waals surface area contributed by atoms with Gasteiger partial charge in [-0.2, -0.15) is 0 Å². The summed E-state index contributed by atoms with van der Waals surface area (Å²) in [4.78, 5) is 0. The SMILES string of the molecule is C=CCC(C)c1cccc(/C(C)=C(/C(NC=C)=C(C(=C)N)\C(C)=C\CCC)C(C)CC)c1. The van der Waals surface area contributed by atoms with Crippen molar-refractivity contribution in [3.63, 3.8) is 0 Å². The summed E-state index contributed by atoms with van der Waals surface area (Å²) in [5.41, 5.74) is 15.1. The summed E-state index contributed by atoms with van der Waals surface area (Å²) >= 11 is 0. The zero-order chi connectivity index (χ0) is 24.3. The van der Waals surface area contributed by atoms with Gasteiger partial charge in [0.05, 0.1) is 5.70 Å². The van der Waals surface area contributed by atoms with Crippen LogP contribution in [0.4, 0.5) is 0 Å². The second-order valence-electron chi connectivity index (χ2n) is 8.70. The highest BCUT2D eigenvalue weighted by Crippen LogP contribution is 2.35. The summed E-state index contributed by atoms with van der Waals surface area (Å²) in [6.07, 6.45) is 10.1. The lowest BCUT2D eigenvalue weighted by Gasteiger charge is -2.26. The molecule has 1 aromatic carbocycles. The van der Waals surface area contributed by atoms with Crippen LogP contribution in [0, 0.1) is 5.92 Å². The van der Waals surface area contributed by atoms with Gasteiger partial charge in [0.1, 0.15) is 0 Å². The largest absolute Gasteiger partial charge is 0.399 e. The van der Waals surface area contributed by atoms with Crippen LogP contribution in [0.2, 0.25) is 0 Å². The fourth-order valence-corrected chi connectivity index (χ4v) is 4.09. The number of hydrogen-bond acceptors (Lipinski definition) is 2. The molecule has 3 N–H and O–H groups in total. The van der Waals surface area contributed by atoms with Gasteiger partial charge in [-0.25, -0.2) is 0 Å². The zero-order valence-corrected chi connectivity index (χ0v) is 21.2. The number of hydrogen-bond donors (Lipinski definition) is 2. The Morgan fingerprint density at radius 2 is 1.84 bits per heavy atom. The first-order valence-electron chi connectivity index (χ1n) is 11.9. The third-order valence-corrected chi connectivity index (χ3v) is 6.14. The molecule has 0 saturated carbocycles. The summed E-state index contributed by atoms with van der Waals surface area (Å²) in [6, 6.07) is 8.87. The van der Waals surface area contributed by atoms with Crippen molar-refractivity contribution in [3.8, 4) is 0 Å². The van der Waals surface area contributed by atoms with E-state index in [4.69, 9.17) is 5.73 Å². The maximum Gasteiger partial charge on any atom is 0.0514 e. The van der Waals surface area contributed by atoms with Gasteiger partial charge in [-0.1, -0.05) is 83.7 Å². The van der Waals surface area contributed by atoms with E-state index in [-0.39, 0.29) is 0 Å². The molecular formula is C30H44N2. The Bertz CT molecular complexity index is 895. The molecular weight excluding hydrogens is 388 g/mol. The number of allylic oxidation sites excluding steroid dienone is 5. The van der Waals surface area contributed by atoms with E-state index in [1.54, 1.807) is 6.20 Å². The summed E-state index contributed by atoms with van der Waals surface area (Å²) in [7, 11) is 0. The molecule has 0 bridgehead atoms. The zero-order valence-electron chi connectivity index (χ0n) is 21.2. The third kappa shape index (κ3) is 7.15. The lowest BCUT2D eigenvalue weighted by atomic mass is 9.84. The van der Waals surface area contributed by atoms with Gasteiger partial charge in [-0.15, -0.1) is 6.58 Å². The first-order chi connectivity index (χ1) is 15.2. The van der Waals surface area contributed by atoms with Crippen molar-refractivity contribution in [2.24, 2.45) is 11.7 Å². The minimum Gasteiger partial charge on any atom is -0.399 e. The molecule has 0 aromatic heterocycles. The molecule has 1 rings (SSSR count). The Kier molecular flexibility index (Phi) is 11.6. The predicted molar refractivity (Wildman–Crippen MR) is 144 cm³/mol. The van der Waals surface area contributed by atoms with Crippen LogP contribution in [-0.4, -0.2) is 0 Å². The van der Waals surface area contributed by atoms with Gasteiger partial charge in [-0.3, -0.25) is 0 Å². The standard InChI is InChI=1S/C30H44N2/c1-10-14-17-23(7)29(25(9)31)30(32-13-4)28(21(5)12-3)24(8)27-19-15-18-26(20-27)22(6)16-11-2/h11,13,15,17-22,32H,2,4,9-10,12,14,16,31H2,1,3,5-8H3/b23-17+,28-24+,30-29-. The molecule has 32 heavy (non-hydrogen) atoms. The predicted octanol–water partition coefficient (Wildman–Crippen LogP) is 8.39.